The third-order valence-corrected chi connectivity index (χ3v) is 7.72. The first kappa shape index (κ1) is 24.4. The van der Waals surface area contributed by atoms with E-state index in [-0.39, 0.29) is 18.3 Å². The predicted molar refractivity (Wildman–Crippen MR) is 134 cm³/mol. The topological polar surface area (TPSA) is 45.7 Å². The van der Waals surface area contributed by atoms with Crippen LogP contribution in [0.5, 0.6) is 0 Å². The number of hydrogen-bond donors (Lipinski definition) is 0. The van der Waals surface area contributed by atoms with Crippen LogP contribution in [0.2, 0.25) is 4.34 Å². The Morgan fingerprint density at radius 2 is 2.00 bits per heavy atom. The average molecular weight is 501 g/mol. The van der Waals surface area contributed by atoms with Gasteiger partial charge in [-0.15, -0.1) is 23.7 Å². The zero-order valence-corrected chi connectivity index (χ0v) is 20.9. The van der Waals surface area contributed by atoms with Crippen molar-refractivity contribution in [2.45, 2.75) is 26.7 Å². The number of amides is 1. The summed E-state index contributed by atoms with van der Waals surface area (Å²) < 4.78 is 7.30. The van der Waals surface area contributed by atoms with Gasteiger partial charge in [-0.2, -0.15) is 0 Å². The van der Waals surface area contributed by atoms with Gasteiger partial charge in [0.2, 0.25) is 5.91 Å². The molecule has 1 aliphatic rings. The third kappa shape index (κ3) is 6.18. The van der Waals surface area contributed by atoms with Gasteiger partial charge in [0.1, 0.15) is 0 Å². The van der Waals surface area contributed by atoms with E-state index >= 15 is 0 Å². The van der Waals surface area contributed by atoms with Crippen LogP contribution in [0.4, 0.5) is 5.13 Å². The SMILES string of the molecule is Cc1cc(C)c2sc(N(CCCN3CCOCC3)C(=O)Cc3ccc(Cl)s3)nc2c1.Cl. The Bertz CT molecular complexity index is 1030. The Balaban J connectivity index is 0.00000272. The van der Waals surface area contributed by atoms with Gasteiger partial charge >= 0.3 is 0 Å². The Morgan fingerprint density at radius 1 is 1.23 bits per heavy atom. The van der Waals surface area contributed by atoms with E-state index in [0.717, 1.165) is 59.5 Å². The fourth-order valence-corrected chi connectivity index (χ4v) is 5.91. The highest BCUT2D eigenvalue weighted by Crippen LogP contribution is 2.33. The molecule has 1 saturated heterocycles. The van der Waals surface area contributed by atoms with Crippen LogP contribution in [0.25, 0.3) is 10.2 Å². The van der Waals surface area contributed by atoms with E-state index in [1.54, 1.807) is 11.3 Å². The van der Waals surface area contributed by atoms with Crippen molar-refractivity contribution in [2.75, 3.05) is 44.3 Å². The number of ether oxygens (including phenoxy) is 1. The molecule has 0 saturated carbocycles. The normalized spacial score (nSPS) is 14.5. The molecule has 0 unspecified atom stereocenters. The van der Waals surface area contributed by atoms with Gasteiger partial charge in [0.05, 0.1) is 34.2 Å². The van der Waals surface area contributed by atoms with Crippen molar-refractivity contribution in [3.63, 3.8) is 0 Å². The molecule has 0 bridgehead atoms. The molecule has 3 heterocycles. The minimum Gasteiger partial charge on any atom is -0.379 e. The summed E-state index contributed by atoms with van der Waals surface area (Å²) in [4.78, 5) is 23.3. The summed E-state index contributed by atoms with van der Waals surface area (Å²) in [7, 11) is 0. The molecule has 9 heteroatoms. The number of hydrogen-bond acceptors (Lipinski definition) is 6. The van der Waals surface area contributed by atoms with Crippen molar-refractivity contribution in [2.24, 2.45) is 0 Å². The first-order valence-corrected chi connectivity index (χ1v) is 12.2. The molecule has 1 aromatic carbocycles. The highest BCUT2D eigenvalue weighted by atomic mass is 35.5. The Morgan fingerprint density at radius 3 is 2.71 bits per heavy atom. The van der Waals surface area contributed by atoms with Crippen LogP contribution in [-0.4, -0.2) is 55.2 Å². The van der Waals surface area contributed by atoms with E-state index in [2.05, 4.69) is 30.9 Å². The number of aromatic nitrogens is 1. The quantitative estimate of drug-likeness (QED) is 0.439. The lowest BCUT2D eigenvalue weighted by molar-refractivity contribution is -0.118. The van der Waals surface area contributed by atoms with Crippen molar-refractivity contribution in [3.8, 4) is 0 Å². The maximum absolute atomic E-state index is 13.3. The molecule has 4 rings (SSSR count). The second kappa shape index (κ2) is 11.1. The van der Waals surface area contributed by atoms with Gasteiger partial charge in [-0.3, -0.25) is 14.6 Å². The first-order chi connectivity index (χ1) is 14.5. The minimum absolute atomic E-state index is 0. The van der Waals surface area contributed by atoms with Crippen molar-refractivity contribution in [3.05, 3.63) is 44.6 Å². The lowest BCUT2D eigenvalue weighted by Gasteiger charge is -2.27. The summed E-state index contributed by atoms with van der Waals surface area (Å²) in [5.74, 6) is 0.0731. The molecule has 5 nitrogen and oxygen atoms in total. The molecule has 1 aliphatic heterocycles. The summed E-state index contributed by atoms with van der Waals surface area (Å²) in [6, 6.07) is 8.05. The summed E-state index contributed by atoms with van der Waals surface area (Å²) in [5, 5.41) is 0.785. The van der Waals surface area contributed by atoms with Gasteiger partial charge < -0.3 is 4.74 Å². The monoisotopic (exact) mass is 499 g/mol. The molecular formula is C22H27Cl2N3O2S2. The molecule has 0 atom stereocenters. The van der Waals surface area contributed by atoms with E-state index in [1.807, 2.05) is 17.0 Å². The molecule has 0 spiro atoms. The molecule has 1 amide bonds. The number of thiophene rings is 1. The molecule has 0 radical (unpaired) electrons. The first-order valence-electron chi connectivity index (χ1n) is 10.2. The number of morpholine rings is 1. The van der Waals surface area contributed by atoms with Gasteiger partial charge in [0.25, 0.3) is 0 Å². The van der Waals surface area contributed by atoms with Crippen molar-refractivity contribution in [1.82, 2.24) is 9.88 Å². The van der Waals surface area contributed by atoms with Gasteiger partial charge in [0.15, 0.2) is 5.13 Å². The van der Waals surface area contributed by atoms with Crippen LogP contribution in [0.1, 0.15) is 22.4 Å². The Hall–Kier alpha value is -1.22. The number of rotatable bonds is 7. The van der Waals surface area contributed by atoms with Crippen LogP contribution < -0.4 is 4.90 Å². The smallest absolute Gasteiger partial charge is 0.234 e. The van der Waals surface area contributed by atoms with Crippen molar-refractivity contribution >= 4 is 67.9 Å². The van der Waals surface area contributed by atoms with Crippen LogP contribution in [-0.2, 0) is 16.0 Å². The van der Waals surface area contributed by atoms with Crippen molar-refractivity contribution < 1.29 is 9.53 Å². The van der Waals surface area contributed by atoms with E-state index in [1.165, 1.54) is 22.5 Å². The molecular weight excluding hydrogens is 473 g/mol. The third-order valence-electron chi connectivity index (χ3n) is 5.25. The molecule has 168 valence electrons. The molecule has 3 aromatic rings. The maximum atomic E-state index is 13.3. The number of fused-ring (bicyclic) bond motifs is 1. The Labute approximate surface area is 202 Å². The number of halogens is 2. The average Bonchev–Trinajstić information content (AvgIpc) is 3.32. The fourth-order valence-electron chi connectivity index (χ4n) is 3.78. The molecule has 31 heavy (non-hydrogen) atoms. The van der Waals surface area contributed by atoms with Crippen LogP contribution in [0.15, 0.2) is 24.3 Å². The lowest BCUT2D eigenvalue weighted by Crippen LogP contribution is -2.39. The van der Waals surface area contributed by atoms with Crippen LogP contribution in [0, 0.1) is 13.8 Å². The van der Waals surface area contributed by atoms with Gasteiger partial charge in [-0.1, -0.05) is 29.0 Å². The second-order valence-corrected chi connectivity index (χ2v) is 10.4. The standard InChI is InChI=1S/C22H26ClN3O2S2.ClH/c1-15-12-16(2)21-18(13-15)24-22(30-21)26(7-3-6-25-8-10-28-11-9-25)20(27)14-17-4-5-19(23)29-17;/h4-5,12-13H,3,6-11,14H2,1-2H3;1H. The number of nitrogens with zero attached hydrogens (tertiary/aromatic N) is 3. The number of benzene rings is 1. The zero-order valence-electron chi connectivity index (χ0n) is 17.7. The maximum Gasteiger partial charge on any atom is 0.234 e. The van der Waals surface area contributed by atoms with Gasteiger partial charge in [0, 0.05) is 31.1 Å². The van der Waals surface area contributed by atoms with E-state index in [9.17, 15) is 4.79 Å². The predicted octanol–water partition coefficient (Wildman–Crippen LogP) is 5.35. The lowest BCUT2D eigenvalue weighted by atomic mass is 10.1. The molecule has 0 N–H and O–H groups in total. The fraction of sp³-hybridized carbons (Fsp3) is 0.455. The van der Waals surface area contributed by atoms with Crippen molar-refractivity contribution in [1.29, 1.82) is 0 Å². The summed E-state index contributed by atoms with van der Waals surface area (Å²) >= 11 is 9.14. The summed E-state index contributed by atoms with van der Waals surface area (Å²) in [6.07, 6.45) is 1.26. The Kier molecular flexibility index (Phi) is 8.73. The number of carbonyl (C=O) groups excluding carboxylic acids is 1. The van der Waals surface area contributed by atoms with Gasteiger partial charge in [-0.25, -0.2) is 4.98 Å². The molecule has 2 aromatic heterocycles. The van der Waals surface area contributed by atoms with Crippen LogP contribution in [0.3, 0.4) is 0 Å². The highest BCUT2D eigenvalue weighted by molar-refractivity contribution is 7.22. The summed E-state index contributed by atoms with van der Waals surface area (Å²) in [5.41, 5.74) is 3.37. The number of thiazole rings is 1. The zero-order chi connectivity index (χ0) is 21.1. The van der Waals surface area contributed by atoms with E-state index in [0.29, 0.717) is 17.3 Å². The largest absolute Gasteiger partial charge is 0.379 e. The second-order valence-electron chi connectivity index (χ2n) is 7.66. The number of aryl methyl sites for hydroxylation is 2. The summed E-state index contributed by atoms with van der Waals surface area (Å²) in [6.45, 7) is 9.31. The molecule has 0 aliphatic carbocycles. The highest BCUT2D eigenvalue weighted by Gasteiger charge is 2.22. The van der Waals surface area contributed by atoms with Gasteiger partial charge in [-0.05, 0) is 49.6 Å². The number of anilines is 1. The molecule has 1 fully saturated rings. The van der Waals surface area contributed by atoms with Crippen LogP contribution >= 0.6 is 46.7 Å². The van der Waals surface area contributed by atoms with E-state index < -0.39 is 0 Å². The van der Waals surface area contributed by atoms with E-state index in [4.69, 9.17) is 21.3 Å². The number of carbonyl (C=O) groups is 1. The minimum atomic E-state index is 0.